The zero-order valence-electron chi connectivity index (χ0n) is 11.8. The molecular weight excluding hydrogens is 417 g/mol. The molecule has 3 rings (SSSR count). The van der Waals surface area contributed by atoms with E-state index < -0.39 is 12.1 Å². The van der Waals surface area contributed by atoms with Gasteiger partial charge in [-0.3, -0.25) is 4.99 Å². The van der Waals surface area contributed by atoms with Gasteiger partial charge in [0.25, 0.3) is 0 Å². The summed E-state index contributed by atoms with van der Waals surface area (Å²) in [6.07, 6.45) is 1.88. The average molecular weight is 432 g/mol. The molecular formula is C16H15F2IN2S. The molecule has 2 atom stereocenters. The molecule has 2 aromatic rings. The molecule has 2 aromatic carbocycles. The van der Waals surface area contributed by atoms with E-state index >= 15 is 0 Å². The summed E-state index contributed by atoms with van der Waals surface area (Å²) < 4.78 is 28.1. The molecule has 6 heteroatoms. The van der Waals surface area contributed by atoms with Gasteiger partial charge in [0.1, 0.15) is 17.7 Å². The lowest BCUT2D eigenvalue weighted by Crippen LogP contribution is -2.23. The van der Waals surface area contributed by atoms with Gasteiger partial charge in [-0.15, -0.1) is 24.0 Å². The SMILES string of the molecule is CSC1=NC(c2ccccc2F)C(c2ccccc2F)N1.I. The largest absolute Gasteiger partial charge is 0.355 e. The van der Waals surface area contributed by atoms with Crippen molar-refractivity contribution in [2.75, 3.05) is 6.26 Å². The van der Waals surface area contributed by atoms with Crippen molar-refractivity contribution < 1.29 is 8.78 Å². The first-order valence-corrected chi connectivity index (χ1v) is 7.80. The highest BCUT2D eigenvalue weighted by atomic mass is 127. The van der Waals surface area contributed by atoms with Crippen molar-refractivity contribution in [1.82, 2.24) is 5.32 Å². The van der Waals surface area contributed by atoms with Crippen LogP contribution in [0.2, 0.25) is 0 Å². The fourth-order valence-corrected chi connectivity index (χ4v) is 2.96. The Morgan fingerprint density at radius 2 is 1.50 bits per heavy atom. The summed E-state index contributed by atoms with van der Waals surface area (Å²) >= 11 is 1.43. The highest BCUT2D eigenvalue weighted by molar-refractivity contribution is 14.0. The van der Waals surface area contributed by atoms with Gasteiger partial charge in [-0.25, -0.2) is 8.78 Å². The molecule has 0 bridgehead atoms. The molecule has 1 aliphatic heterocycles. The van der Waals surface area contributed by atoms with Gasteiger partial charge < -0.3 is 5.32 Å². The minimum absolute atomic E-state index is 0. The predicted molar refractivity (Wildman–Crippen MR) is 97.8 cm³/mol. The Bertz CT molecular complexity index is 693. The molecule has 0 saturated carbocycles. The number of nitrogens with one attached hydrogen (secondary N) is 1. The summed E-state index contributed by atoms with van der Waals surface area (Å²) in [6.45, 7) is 0. The van der Waals surface area contributed by atoms with Gasteiger partial charge in [0.05, 0.1) is 6.04 Å². The monoisotopic (exact) mass is 432 g/mol. The number of benzene rings is 2. The molecule has 0 aliphatic carbocycles. The van der Waals surface area contributed by atoms with Crippen LogP contribution in [0.15, 0.2) is 53.5 Å². The fraction of sp³-hybridized carbons (Fsp3) is 0.188. The van der Waals surface area contributed by atoms with E-state index in [0.29, 0.717) is 16.3 Å². The first-order chi connectivity index (χ1) is 10.2. The Hall–Kier alpha value is -1.15. The maximum Gasteiger partial charge on any atom is 0.157 e. The quantitative estimate of drug-likeness (QED) is 0.697. The van der Waals surface area contributed by atoms with E-state index in [0.717, 1.165) is 0 Å². The standard InChI is InChI=1S/C16H14F2N2S.HI/c1-21-16-19-14(10-6-2-4-8-12(10)17)15(20-16)11-7-3-5-9-13(11)18;/h2-9,14-15H,1H3,(H,19,20);1H. The molecule has 2 nitrogen and oxygen atoms in total. The Labute approximate surface area is 149 Å². The van der Waals surface area contributed by atoms with Crippen LogP contribution in [0, 0.1) is 11.6 Å². The topological polar surface area (TPSA) is 24.4 Å². The number of hydrogen-bond donors (Lipinski definition) is 1. The third-order valence-electron chi connectivity index (χ3n) is 3.51. The summed E-state index contributed by atoms with van der Waals surface area (Å²) in [4.78, 5) is 4.50. The molecule has 0 saturated heterocycles. The number of amidine groups is 1. The second kappa shape index (κ2) is 7.41. The first-order valence-electron chi connectivity index (χ1n) is 6.58. The van der Waals surface area contributed by atoms with Crippen molar-refractivity contribution in [2.24, 2.45) is 4.99 Å². The highest BCUT2D eigenvalue weighted by Crippen LogP contribution is 2.39. The number of aliphatic imine (C=N–C) groups is 1. The number of nitrogens with zero attached hydrogens (tertiary/aromatic N) is 1. The number of rotatable bonds is 2. The number of hydrogen-bond acceptors (Lipinski definition) is 3. The van der Waals surface area contributed by atoms with Crippen molar-refractivity contribution >= 4 is 40.9 Å². The molecule has 0 aromatic heterocycles. The van der Waals surface area contributed by atoms with Gasteiger partial charge in [0.15, 0.2) is 5.17 Å². The molecule has 0 spiro atoms. The number of thioether (sulfide) groups is 1. The van der Waals surface area contributed by atoms with E-state index in [2.05, 4.69) is 10.3 Å². The lowest BCUT2D eigenvalue weighted by molar-refractivity contribution is 0.502. The van der Waals surface area contributed by atoms with Gasteiger partial charge >= 0.3 is 0 Å². The second-order valence-corrected chi connectivity index (χ2v) is 5.54. The van der Waals surface area contributed by atoms with E-state index in [1.165, 1.54) is 23.9 Å². The van der Waals surface area contributed by atoms with Crippen LogP contribution >= 0.6 is 35.7 Å². The van der Waals surface area contributed by atoms with Crippen LogP contribution in [0.25, 0.3) is 0 Å². The van der Waals surface area contributed by atoms with Crippen LogP contribution in [0.5, 0.6) is 0 Å². The Morgan fingerprint density at radius 3 is 2.05 bits per heavy atom. The lowest BCUT2D eigenvalue weighted by Gasteiger charge is -2.20. The van der Waals surface area contributed by atoms with Crippen molar-refractivity contribution in [2.45, 2.75) is 12.1 Å². The van der Waals surface area contributed by atoms with Gasteiger partial charge in [-0.05, 0) is 18.4 Å². The van der Waals surface area contributed by atoms with Crippen LogP contribution in [0.3, 0.4) is 0 Å². The zero-order valence-corrected chi connectivity index (χ0v) is 14.9. The zero-order chi connectivity index (χ0) is 14.8. The minimum Gasteiger partial charge on any atom is -0.355 e. The van der Waals surface area contributed by atoms with Gasteiger partial charge in [-0.1, -0.05) is 48.2 Å². The lowest BCUT2D eigenvalue weighted by atomic mass is 9.94. The van der Waals surface area contributed by atoms with E-state index in [4.69, 9.17) is 0 Å². The van der Waals surface area contributed by atoms with Crippen LogP contribution in [0.4, 0.5) is 8.78 Å². The summed E-state index contributed by atoms with van der Waals surface area (Å²) in [5, 5.41) is 3.87. The molecule has 1 heterocycles. The van der Waals surface area contributed by atoms with Crippen molar-refractivity contribution in [3.05, 3.63) is 71.3 Å². The van der Waals surface area contributed by atoms with Gasteiger partial charge in [0.2, 0.25) is 0 Å². The van der Waals surface area contributed by atoms with Crippen LogP contribution in [-0.4, -0.2) is 11.4 Å². The molecule has 1 N–H and O–H groups in total. The maximum atomic E-state index is 14.1. The number of halogens is 3. The highest BCUT2D eigenvalue weighted by Gasteiger charge is 2.34. The fourth-order valence-electron chi connectivity index (χ4n) is 2.50. The Balaban J connectivity index is 0.00000176. The molecule has 116 valence electrons. The van der Waals surface area contributed by atoms with Gasteiger partial charge in [0, 0.05) is 11.1 Å². The molecule has 0 radical (unpaired) electrons. The summed E-state index contributed by atoms with van der Waals surface area (Å²) in [7, 11) is 0. The van der Waals surface area contributed by atoms with E-state index in [-0.39, 0.29) is 35.6 Å². The van der Waals surface area contributed by atoms with Crippen LogP contribution in [-0.2, 0) is 0 Å². The van der Waals surface area contributed by atoms with E-state index in [1.807, 2.05) is 6.26 Å². The normalized spacial score (nSPS) is 20.0. The third-order valence-corrected chi connectivity index (χ3v) is 4.12. The smallest absolute Gasteiger partial charge is 0.157 e. The third kappa shape index (κ3) is 3.27. The van der Waals surface area contributed by atoms with E-state index in [9.17, 15) is 8.78 Å². The van der Waals surface area contributed by atoms with Crippen LogP contribution in [0.1, 0.15) is 23.2 Å². The second-order valence-electron chi connectivity index (χ2n) is 4.75. The van der Waals surface area contributed by atoms with Crippen LogP contribution < -0.4 is 5.32 Å². The Morgan fingerprint density at radius 1 is 0.955 bits per heavy atom. The summed E-state index contributed by atoms with van der Waals surface area (Å²) in [5.74, 6) is -0.634. The maximum absolute atomic E-state index is 14.1. The minimum atomic E-state index is -0.467. The summed E-state index contributed by atoms with van der Waals surface area (Å²) in [6, 6.07) is 12.2. The first kappa shape index (κ1) is 17.2. The molecule has 0 amide bonds. The van der Waals surface area contributed by atoms with Crippen molar-refractivity contribution in [1.29, 1.82) is 0 Å². The molecule has 0 fully saturated rings. The molecule has 1 aliphatic rings. The molecule has 22 heavy (non-hydrogen) atoms. The van der Waals surface area contributed by atoms with E-state index in [1.54, 1.807) is 36.4 Å². The van der Waals surface area contributed by atoms with Crippen molar-refractivity contribution in [3.63, 3.8) is 0 Å². The van der Waals surface area contributed by atoms with Gasteiger partial charge in [-0.2, -0.15) is 0 Å². The predicted octanol–water partition coefficient (Wildman–Crippen LogP) is 4.69. The van der Waals surface area contributed by atoms with Crippen molar-refractivity contribution in [3.8, 4) is 0 Å². The Kier molecular flexibility index (Phi) is 5.80. The molecule has 2 unspecified atom stereocenters. The average Bonchev–Trinajstić information content (AvgIpc) is 2.92. The summed E-state index contributed by atoms with van der Waals surface area (Å²) in [5.41, 5.74) is 0.973.